The SMILES string of the molecule is Cc1ccc(Cl)cc1N(CC(=O)N(Cc1cccc(Cl)c1)[C@H](C)C(=O)NC(C)C)S(=O)(=O)c1ccccc1. The smallest absolute Gasteiger partial charge is 0.264 e. The quantitative estimate of drug-likeness (QED) is 0.348. The average molecular weight is 577 g/mol. The Morgan fingerprint density at radius 3 is 2.18 bits per heavy atom. The molecule has 10 heteroatoms. The summed E-state index contributed by atoms with van der Waals surface area (Å²) in [5.41, 5.74) is 1.59. The fourth-order valence-electron chi connectivity index (χ4n) is 3.90. The molecule has 3 aromatic rings. The molecule has 1 atom stereocenters. The van der Waals surface area contributed by atoms with Gasteiger partial charge in [-0.25, -0.2) is 8.42 Å². The van der Waals surface area contributed by atoms with Crippen LogP contribution in [0.4, 0.5) is 5.69 Å². The lowest BCUT2D eigenvalue weighted by Gasteiger charge is -2.32. The summed E-state index contributed by atoms with van der Waals surface area (Å²) in [6, 6.07) is 18.7. The van der Waals surface area contributed by atoms with Crippen LogP contribution in [0.5, 0.6) is 0 Å². The summed E-state index contributed by atoms with van der Waals surface area (Å²) in [6.07, 6.45) is 0. The number of amides is 2. The molecule has 202 valence electrons. The number of anilines is 1. The van der Waals surface area contributed by atoms with Gasteiger partial charge < -0.3 is 10.2 Å². The molecule has 0 heterocycles. The number of hydrogen-bond acceptors (Lipinski definition) is 4. The zero-order valence-electron chi connectivity index (χ0n) is 21.7. The first-order chi connectivity index (χ1) is 17.9. The molecule has 0 bridgehead atoms. The predicted octanol–water partition coefficient (Wildman–Crippen LogP) is 5.44. The number of aryl methyl sites for hydroxylation is 1. The summed E-state index contributed by atoms with van der Waals surface area (Å²) in [7, 11) is -4.16. The highest BCUT2D eigenvalue weighted by Crippen LogP contribution is 2.30. The molecular formula is C28H31Cl2N3O4S. The molecule has 0 saturated heterocycles. The fraction of sp³-hybridized carbons (Fsp3) is 0.286. The van der Waals surface area contributed by atoms with Crippen molar-refractivity contribution in [3.8, 4) is 0 Å². The van der Waals surface area contributed by atoms with Gasteiger partial charge >= 0.3 is 0 Å². The van der Waals surface area contributed by atoms with Gasteiger partial charge in [-0.2, -0.15) is 0 Å². The number of benzene rings is 3. The van der Waals surface area contributed by atoms with Gasteiger partial charge in [0, 0.05) is 22.6 Å². The minimum atomic E-state index is -4.16. The van der Waals surface area contributed by atoms with Crippen molar-refractivity contribution in [1.82, 2.24) is 10.2 Å². The summed E-state index contributed by atoms with van der Waals surface area (Å²) >= 11 is 12.4. The maximum Gasteiger partial charge on any atom is 0.264 e. The van der Waals surface area contributed by atoms with E-state index in [0.717, 1.165) is 4.31 Å². The van der Waals surface area contributed by atoms with E-state index in [0.29, 0.717) is 21.2 Å². The number of nitrogens with zero attached hydrogens (tertiary/aromatic N) is 2. The summed E-state index contributed by atoms with van der Waals surface area (Å²) < 4.78 is 28.7. The van der Waals surface area contributed by atoms with E-state index >= 15 is 0 Å². The first-order valence-electron chi connectivity index (χ1n) is 12.1. The molecule has 0 saturated carbocycles. The van der Waals surface area contributed by atoms with Crippen LogP contribution in [0.25, 0.3) is 0 Å². The molecule has 0 aliphatic carbocycles. The topological polar surface area (TPSA) is 86.8 Å². The highest BCUT2D eigenvalue weighted by Gasteiger charge is 2.33. The standard InChI is InChI=1S/C28H31Cl2N3O4S/c1-19(2)31-28(35)21(4)32(17-22-9-8-10-23(29)15-22)27(34)18-33(26-16-24(30)14-13-20(26)3)38(36,37)25-11-6-5-7-12-25/h5-16,19,21H,17-18H2,1-4H3,(H,31,35)/t21-/m1/s1. The molecule has 0 unspecified atom stereocenters. The maximum absolute atomic E-state index is 13.9. The third kappa shape index (κ3) is 7.28. The molecular weight excluding hydrogens is 545 g/mol. The molecule has 0 aliphatic heterocycles. The van der Waals surface area contributed by atoms with Gasteiger partial charge in [0.15, 0.2) is 0 Å². The van der Waals surface area contributed by atoms with Crippen molar-refractivity contribution in [2.45, 2.75) is 51.2 Å². The van der Waals surface area contributed by atoms with E-state index in [1.54, 1.807) is 68.4 Å². The second kappa shape index (κ2) is 12.7. The number of halogens is 2. The van der Waals surface area contributed by atoms with E-state index in [2.05, 4.69) is 5.32 Å². The predicted molar refractivity (Wildman–Crippen MR) is 152 cm³/mol. The largest absolute Gasteiger partial charge is 0.352 e. The Morgan fingerprint density at radius 2 is 1.55 bits per heavy atom. The van der Waals surface area contributed by atoms with Crippen molar-refractivity contribution in [2.75, 3.05) is 10.8 Å². The number of carbonyl (C=O) groups is 2. The van der Waals surface area contributed by atoms with Gasteiger partial charge in [-0.15, -0.1) is 0 Å². The van der Waals surface area contributed by atoms with Crippen molar-refractivity contribution in [3.05, 3.63) is 94.0 Å². The summed E-state index contributed by atoms with van der Waals surface area (Å²) in [6.45, 7) is 6.51. The minimum Gasteiger partial charge on any atom is -0.352 e. The lowest BCUT2D eigenvalue weighted by atomic mass is 10.1. The second-order valence-electron chi connectivity index (χ2n) is 9.25. The van der Waals surface area contributed by atoms with E-state index in [1.165, 1.54) is 23.1 Å². The van der Waals surface area contributed by atoms with Crippen molar-refractivity contribution < 1.29 is 18.0 Å². The van der Waals surface area contributed by atoms with Gasteiger partial charge in [0.2, 0.25) is 11.8 Å². The molecule has 3 aromatic carbocycles. The lowest BCUT2D eigenvalue weighted by molar-refractivity contribution is -0.139. The number of carbonyl (C=O) groups excluding carboxylic acids is 2. The Hall–Kier alpha value is -3.07. The van der Waals surface area contributed by atoms with Crippen molar-refractivity contribution in [3.63, 3.8) is 0 Å². The summed E-state index contributed by atoms with van der Waals surface area (Å²) in [4.78, 5) is 28.2. The Bertz CT molecular complexity index is 1400. The van der Waals surface area contributed by atoms with Crippen LogP contribution in [0, 0.1) is 6.92 Å². The molecule has 0 fully saturated rings. The van der Waals surface area contributed by atoms with Gasteiger partial charge in [-0.05, 0) is 75.2 Å². The average Bonchev–Trinajstić information content (AvgIpc) is 2.87. The molecule has 0 aliphatic rings. The van der Waals surface area contributed by atoms with E-state index < -0.39 is 28.5 Å². The molecule has 2 amide bonds. The Kier molecular flexibility index (Phi) is 9.82. The second-order valence-corrected chi connectivity index (χ2v) is 12.0. The molecule has 0 spiro atoms. The first-order valence-corrected chi connectivity index (χ1v) is 14.3. The van der Waals surface area contributed by atoms with Gasteiger partial charge in [-0.1, -0.05) is 59.6 Å². The van der Waals surface area contributed by atoms with Crippen molar-refractivity contribution >= 4 is 50.7 Å². The van der Waals surface area contributed by atoms with Crippen LogP contribution >= 0.6 is 23.2 Å². The highest BCUT2D eigenvalue weighted by atomic mass is 35.5. The zero-order valence-corrected chi connectivity index (χ0v) is 24.0. The Balaban J connectivity index is 2.07. The summed E-state index contributed by atoms with van der Waals surface area (Å²) in [5, 5.41) is 3.63. The van der Waals surface area contributed by atoms with E-state index in [4.69, 9.17) is 23.2 Å². The maximum atomic E-state index is 13.9. The van der Waals surface area contributed by atoms with Crippen LogP contribution in [0.3, 0.4) is 0 Å². The van der Waals surface area contributed by atoms with Crippen LogP contribution in [0.2, 0.25) is 10.0 Å². The Labute approximate surface area is 234 Å². The normalized spacial score (nSPS) is 12.2. The molecule has 0 aromatic heterocycles. The van der Waals surface area contributed by atoms with E-state index in [1.807, 2.05) is 13.8 Å². The van der Waals surface area contributed by atoms with E-state index in [9.17, 15) is 18.0 Å². The van der Waals surface area contributed by atoms with Gasteiger partial charge in [0.1, 0.15) is 12.6 Å². The van der Waals surface area contributed by atoms with Crippen molar-refractivity contribution in [2.24, 2.45) is 0 Å². The third-order valence-electron chi connectivity index (χ3n) is 5.89. The zero-order chi connectivity index (χ0) is 28.0. The monoisotopic (exact) mass is 575 g/mol. The van der Waals surface area contributed by atoms with Crippen LogP contribution in [-0.4, -0.2) is 43.8 Å². The van der Waals surface area contributed by atoms with Crippen LogP contribution in [-0.2, 0) is 26.2 Å². The highest BCUT2D eigenvalue weighted by molar-refractivity contribution is 7.92. The lowest BCUT2D eigenvalue weighted by Crippen LogP contribution is -2.52. The van der Waals surface area contributed by atoms with Crippen LogP contribution in [0.1, 0.15) is 31.9 Å². The summed E-state index contributed by atoms with van der Waals surface area (Å²) in [5.74, 6) is -0.915. The Morgan fingerprint density at radius 1 is 0.895 bits per heavy atom. The first kappa shape index (κ1) is 29.5. The third-order valence-corrected chi connectivity index (χ3v) is 8.13. The van der Waals surface area contributed by atoms with Gasteiger partial charge in [0.05, 0.1) is 10.6 Å². The number of rotatable bonds is 10. The van der Waals surface area contributed by atoms with Crippen LogP contribution < -0.4 is 9.62 Å². The molecule has 3 rings (SSSR count). The molecule has 0 radical (unpaired) electrons. The molecule has 1 N–H and O–H groups in total. The molecule has 38 heavy (non-hydrogen) atoms. The molecule has 7 nitrogen and oxygen atoms in total. The number of hydrogen-bond donors (Lipinski definition) is 1. The van der Waals surface area contributed by atoms with Gasteiger partial charge in [0.25, 0.3) is 10.0 Å². The fourth-order valence-corrected chi connectivity index (χ4v) is 5.77. The van der Waals surface area contributed by atoms with E-state index in [-0.39, 0.29) is 29.1 Å². The number of sulfonamides is 1. The van der Waals surface area contributed by atoms with Gasteiger partial charge in [-0.3, -0.25) is 13.9 Å². The van der Waals surface area contributed by atoms with Crippen molar-refractivity contribution in [1.29, 1.82) is 0 Å². The number of nitrogens with one attached hydrogen (secondary N) is 1. The minimum absolute atomic E-state index is 0.0270. The van der Waals surface area contributed by atoms with Crippen LogP contribution in [0.15, 0.2) is 77.7 Å².